The lowest BCUT2D eigenvalue weighted by Gasteiger charge is -2.17. The fourth-order valence-corrected chi connectivity index (χ4v) is 1.63. The third-order valence-electron chi connectivity index (χ3n) is 2.42. The maximum atomic E-state index is 10.9. The summed E-state index contributed by atoms with van der Waals surface area (Å²) in [6, 6.07) is 0. The molecular formula is C10H17NO. The number of nitrogens with one attached hydrogen (secondary N) is 1. The molecule has 2 heteroatoms. The molecule has 1 rings (SSSR count). The van der Waals surface area contributed by atoms with Crippen molar-refractivity contribution < 1.29 is 4.79 Å². The summed E-state index contributed by atoms with van der Waals surface area (Å²) in [5.74, 6) is 0.664. The van der Waals surface area contributed by atoms with Crippen LogP contribution in [0.5, 0.6) is 0 Å². The average molecular weight is 167 g/mol. The van der Waals surface area contributed by atoms with Gasteiger partial charge in [-0.3, -0.25) is 4.79 Å². The van der Waals surface area contributed by atoms with Gasteiger partial charge in [0, 0.05) is 7.05 Å². The molecule has 0 aromatic carbocycles. The lowest BCUT2D eigenvalue weighted by atomic mass is 9.89. The molecule has 1 saturated carbocycles. The highest BCUT2D eigenvalue weighted by Crippen LogP contribution is 2.24. The first kappa shape index (κ1) is 9.30. The Balaban J connectivity index is 2.28. The maximum Gasteiger partial charge on any atom is 0.243 e. The third kappa shape index (κ3) is 3.07. The molecule has 0 aliphatic heterocycles. The first-order valence-electron chi connectivity index (χ1n) is 4.73. The molecule has 1 N–H and O–H groups in total. The van der Waals surface area contributed by atoms with E-state index in [9.17, 15) is 4.79 Å². The van der Waals surface area contributed by atoms with E-state index in [2.05, 4.69) is 11.4 Å². The monoisotopic (exact) mass is 167 g/mol. The Kier molecular flexibility index (Phi) is 3.85. The summed E-state index contributed by atoms with van der Waals surface area (Å²) in [5.41, 5.74) is 0. The molecule has 0 saturated heterocycles. The van der Waals surface area contributed by atoms with Crippen LogP contribution in [0.1, 0.15) is 32.1 Å². The molecule has 0 aromatic rings. The number of carbonyl (C=O) groups is 1. The standard InChI is InChI=1S/C10H17NO/c1-11-10(12)8-7-9-5-3-2-4-6-9/h7-9H,2-6H2,1H3,(H,11,12)/b8-7+. The second-order valence-corrected chi connectivity index (χ2v) is 3.37. The number of rotatable bonds is 2. The summed E-state index contributed by atoms with van der Waals surface area (Å²) >= 11 is 0. The van der Waals surface area contributed by atoms with Crippen molar-refractivity contribution in [3.63, 3.8) is 0 Å². The summed E-state index contributed by atoms with van der Waals surface area (Å²) < 4.78 is 0. The van der Waals surface area contributed by atoms with Crippen LogP contribution in [0.4, 0.5) is 0 Å². The van der Waals surface area contributed by atoms with Gasteiger partial charge in [0.1, 0.15) is 0 Å². The molecular weight excluding hydrogens is 150 g/mol. The van der Waals surface area contributed by atoms with E-state index < -0.39 is 0 Å². The van der Waals surface area contributed by atoms with Gasteiger partial charge in [0.2, 0.25) is 5.91 Å². The van der Waals surface area contributed by atoms with E-state index in [1.165, 1.54) is 32.1 Å². The molecule has 1 aliphatic carbocycles. The van der Waals surface area contributed by atoms with E-state index in [-0.39, 0.29) is 5.91 Å². The first-order chi connectivity index (χ1) is 5.83. The van der Waals surface area contributed by atoms with Crippen LogP contribution in [0.15, 0.2) is 12.2 Å². The minimum Gasteiger partial charge on any atom is -0.356 e. The number of allylic oxidation sites excluding steroid dienone is 1. The number of likely N-dealkylation sites (N-methyl/N-ethyl adjacent to an activating group) is 1. The Labute approximate surface area is 74.0 Å². The van der Waals surface area contributed by atoms with Gasteiger partial charge in [-0.2, -0.15) is 0 Å². The zero-order chi connectivity index (χ0) is 8.81. The van der Waals surface area contributed by atoms with Crippen LogP contribution in [0.3, 0.4) is 0 Å². The van der Waals surface area contributed by atoms with Gasteiger partial charge >= 0.3 is 0 Å². The van der Waals surface area contributed by atoms with E-state index in [0.29, 0.717) is 5.92 Å². The quantitative estimate of drug-likeness (QED) is 0.625. The Hall–Kier alpha value is -0.790. The lowest BCUT2D eigenvalue weighted by Crippen LogP contribution is -2.15. The van der Waals surface area contributed by atoms with Gasteiger partial charge in [-0.1, -0.05) is 25.3 Å². The highest BCUT2D eigenvalue weighted by molar-refractivity contribution is 5.87. The molecule has 0 heterocycles. The summed E-state index contributed by atoms with van der Waals surface area (Å²) in [5, 5.41) is 2.58. The highest BCUT2D eigenvalue weighted by atomic mass is 16.1. The first-order valence-corrected chi connectivity index (χ1v) is 4.73. The lowest BCUT2D eigenvalue weighted by molar-refractivity contribution is -0.116. The normalized spacial score (nSPS) is 19.8. The summed E-state index contributed by atoms with van der Waals surface area (Å²) in [6.07, 6.45) is 10.2. The Bertz CT molecular complexity index is 169. The van der Waals surface area contributed by atoms with E-state index >= 15 is 0 Å². The molecule has 1 aliphatic rings. The van der Waals surface area contributed by atoms with Crippen molar-refractivity contribution in [2.24, 2.45) is 5.92 Å². The van der Waals surface area contributed by atoms with Crippen molar-refractivity contribution in [1.29, 1.82) is 0 Å². The highest BCUT2D eigenvalue weighted by Gasteiger charge is 2.09. The van der Waals surface area contributed by atoms with E-state index in [1.54, 1.807) is 13.1 Å². The SMILES string of the molecule is CNC(=O)/C=C/C1CCCCC1. The van der Waals surface area contributed by atoms with Crippen molar-refractivity contribution in [2.45, 2.75) is 32.1 Å². The number of carbonyl (C=O) groups excluding carboxylic acids is 1. The van der Waals surface area contributed by atoms with Crippen molar-refractivity contribution in [2.75, 3.05) is 7.05 Å². The predicted molar refractivity (Wildman–Crippen MR) is 49.8 cm³/mol. The van der Waals surface area contributed by atoms with E-state index in [4.69, 9.17) is 0 Å². The van der Waals surface area contributed by atoms with Crippen molar-refractivity contribution in [3.8, 4) is 0 Å². The van der Waals surface area contributed by atoms with Gasteiger partial charge in [0.25, 0.3) is 0 Å². The Morgan fingerprint density at radius 2 is 2.00 bits per heavy atom. The van der Waals surface area contributed by atoms with Crippen molar-refractivity contribution in [3.05, 3.63) is 12.2 Å². The van der Waals surface area contributed by atoms with Gasteiger partial charge in [0.15, 0.2) is 0 Å². The van der Waals surface area contributed by atoms with Crippen LogP contribution in [0, 0.1) is 5.92 Å². The zero-order valence-corrected chi connectivity index (χ0v) is 7.68. The van der Waals surface area contributed by atoms with Gasteiger partial charge in [-0.25, -0.2) is 0 Å². The molecule has 0 unspecified atom stereocenters. The van der Waals surface area contributed by atoms with Crippen LogP contribution in [0.2, 0.25) is 0 Å². The van der Waals surface area contributed by atoms with Crippen LogP contribution in [0.25, 0.3) is 0 Å². The molecule has 0 spiro atoms. The number of amides is 1. The smallest absolute Gasteiger partial charge is 0.243 e. The van der Waals surface area contributed by atoms with Gasteiger partial charge < -0.3 is 5.32 Å². The van der Waals surface area contributed by atoms with E-state index in [0.717, 1.165) is 0 Å². The number of hydrogen-bond acceptors (Lipinski definition) is 1. The molecule has 0 atom stereocenters. The largest absolute Gasteiger partial charge is 0.356 e. The summed E-state index contributed by atoms with van der Waals surface area (Å²) in [4.78, 5) is 10.9. The molecule has 68 valence electrons. The molecule has 2 nitrogen and oxygen atoms in total. The predicted octanol–water partition coefficient (Wildman–Crippen LogP) is 1.87. The topological polar surface area (TPSA) is 29.1 Å². The molecule has 0 aromatic heterocycles. The van der Waals surface area contributed by atoms with Gasteiger partial charge in [-0.05, 0) is 24.8 Å². The third-order valence-corrected chi connectivity index (χ3v) is 2.42. The van der Waals surface area contributed by atoms with Crippen LogP contribution in [-0.2, 0) is 4.79 Å². The maximum absolute atomic E-state index is 10.9. The zero-order valence-electron chi connectivity index (χ0n) is 7.68. The minimum absolute atomic E-state index is 0.0144. The van der Waals surface area contributed by atoms with E-state index in [1.807, 2.05) is 0 Å². The Morgan fingerprint density at radius 1 is 1.33 bits per heavy atom. The average Bonchev–Trinajstić information content (AvgIpc) is 2.16. The molecule has 0 bridgehead atoms. The number of hydrogen-bond donors (Lipinski definition) is 1. The van der Waals surface area contributed by atoms with Crippen LogP contribution < -0.4 is 5.32 Å². The molecule has 1 amide bonds. The van der Waals surface area contributed by atoms with Gasteiger partial charge in [-0.15, -0.1) is 0 Å². The molecule has 0 radical (unpaired) electrons. The Morgan fingerprint density at radius 3 is 2.58 bits per heavy atom. The minimum atomic E-state index is 0.0144. The van der Waals surface area contributed by atoms with Crippen molar-refractivity contribution >= 4 is 5.91 Å². The molecule has 1 fully saturated rings. The second kappa shape index (κ2) is 4.96. The summed E-state index contributed by atoms with van der Waals surface area (Å²) in [7, 11) is 1.66. The second-order valence-electron chi connectivity index (χ2n) is 3.37. The fourth-order valence-electron chi connectivity index (χ4n) is 1.63. The van der Waals surface area contributed by atoms with Crippen LogP contribution >= 0.6 is 0 Å². The molecule has 12 heavy (non-hydrogen) atoms. The van der Waals surface area contributed by atoms with Crippen LogP contribution in [-0.4, -0.2) is 13.0 Å². The fraction of sp³-hybridized carbons (Fsp3) is 0.700. The van der Waals surface area contributed by atoms with Gasteiger partial charge in [0.05, 0.1) is 0 Å². The van der Waals surface area contributed by atoms with Crippen molar-refractivity contribution in [1.82, 2.24) is 5.32 Å². The summed E-state index contributed by atoms with van der Waals surface area (Å²) in [6.45, 7) is 0.